The van der Waals surface area contributed by atoms with Crippen molar-refractivity contribution in [2.45, 2.75) is 33.2 Å². The second kappa shape index (κ2) is 11.6. The molecule has 0 aromatic carbocycles. The van der Waals surface area contributed by atoms with Crippen LogP contribution in [-0.2, 0) is 6.42 Å². The van der Waals surface area contributed by atoms with Crippen LogP contribution in [0.2, 0.25) is 0 Å². The number of pyridine rings is 1. The molecule has 2 aromatic heterocycles. The molecule has 2 aromatic rings. The van der Waals surface area contributed by atoms with Crippen LogP contribution in [0.4, 0.5) is 0 Å². The second-order valence-electron chi connectivity index (χ2n) is 6.01. The van der Waals surface area contributed by atoms with Gasteiger partial charge in [-0.15, -0.1) is 0 Å². The first-order valence-corrected chi connectivity index (χ1v) is 10.4. The normalized spacial score (nSPS) is 13.0. The molecule has 1 unspecified atom stereocenters. The number of rotatable bonds is 10. The summed E-state index contributed by atoms with van der Waals surface area (Å²) in [5.41, 5.74) is 2.45. The van der Waals surface area contributed by atoms with E-state index in [-0.39, 0.29) is 0 Å². The van der Waals surface area contributed by atoms with Crippen molar-refractivity contribution < 1.29 is 0 Å². The highest BCUT2D eigenvalue weighted by atomic mass is 32.1. The van der Waals surface area contributed by atoms with E-state index in [9.17, 15) is 0 Å². The second-order valence-corrected chi connectivity index (χ2v) is 6.79. The minimum atomic E-state index is 0.322. The van der Waals surface area contributed by atoms with Crippen molar-refractivity contribution in [3.8, 4) is 0 Å². The van der Waals surface area contributed by atoms with Gasteiger partial charge in [-0.25, -0.2) is 0 Å². The van der Waals surface area contributed by atoms with Gasteiger partial charge in [0.15, 0.2) is 5.96 Å². The van der Waals surface area contributed by atoms with E-state index in [1.807, 2.05) is 18.3 Å². The quantitative estimate of drug-likeness (QED) is 0.495. The number of likely N-dealkylation sites (N-methyl/N-ethyl adjacent to an activating group) is 1. The number of nitrogens with one attached hydrogen (secondary N) is 2. The summed E-state index contributed by atoms with van der Waals surface area (Å²) >= 11 is 1.75. The zero-order valence-electron chi connectivity index (χ0n) is 16.1. The Kier molecular flexibility index (Phi) is 9.14. The molecule has 1 atom stereocenters. The number of hydrogen-bond acceptors (Lipinski definition) is 4. The fraction of sp³-hybridized carbons (Fsp3) is 0.500. The monoisotopic (exact) mass is 373 g/mol. The maximum atomic E-state index is 4.85. The molecule has 2 rings (SSSR count). The van der Waals surface area contributed by atoms with Crippen LogP contribution in [-0.4, -0.2) is 48.6 Å². The SMILES string of the molecule is CCNC(=NCC(c1ccsc1)N(CC)CC)NCCc1ccccn1. The van der Waals surface area contributed by atoms with Gasteiger partial charge in [-0.05, 0) is 54.5 Å². The first-order chi connectivity index (χ1) is 12.8. The summed E-state index contributed by atoms with van der Waals surface area (Å²) in [5.74, 6) is 0.871. The lowest BCUT2D eigenvalue weighted by molar-refractivity contribution is 0.224. The van der Waals surface area contributed by atoms with Gasteiger partial charge < -0.3 is 10.6 Å². The van der Waals surface area contributed by atoms with E-state index in [1.165, 1.54) is 5.56 Å². The maximum absolute atomic E-state index is 4.85. The average Bonchev–Trinajstić information content (AvgIpc) is 3.20. The van der Waals surface area contributed by atoms with Crippen molar-refractivity contribution in [2.75, 3.05) is 32.7 Å². The van der Waals surface area contributed by atoms with Gasteiger partial charge in [0.05, 0.1) is 12.6 Å². The Bertz CT molecular complexity index is 623. The van der Waals surface area contributed by atoms with E-state index < -0.39 is 0 Å². The summed E-state index contributed by atoms with van der Waals surface area (Å²) in [5, 5.41) is 11.2. The molecule has 5 nitrogen and oxygen atoms in total. The van der Waals surface area contributed by atoms with E-state index in [0.717, 1.165) is 50.8 Å². The highest BCUT2D eigenvalue weighted by Gasteiger charge is 2.18. The Morgan fingerprint density at radius 2 is 2.04 bits per heavy atom. The third kappa shape index (κ3) is 6.42. The Morgan fingerprint density at radius 3 is 2.65 bits per heavy atom. The molecule has 0 fully saturated rings. The molecule has 0 amide bonds. The number of aliphatic imine (C=N–C) groups is 1. The van der Waals surface area contributed by atoms with Crippen LogP contribution >= 0.6 is 11.3 Å². The van der Waals surface area contributed by atoms with Gasteiger partial charge in [0, 0.05) is 31.4 Å². The van der Waals surface area contributed by atoms with Crippen LogP contribution in [0.1, 0.15) is 38.1 Å². The average molecular weight is 374 g/mol. The predicted molar refractivity (Wildman–Crippen MR) is 112 cm³/mol. The van der Waals surface area contributed by atoms with Crippen molar-refractivity contribution in [1.82, 2.24) is 20.5 Å². The van der Waals surface area contributed by atoms with Crippen molar-refractivity contribution >= 4 is 17.3 Å². The number of thiophene rings is 1. The standard InChI is InChI=1S/C20H31N5S/c1-4-21-20(23-13-10-18-9-7-8-12-22-18)24-15-19(25(5-2)6-3)17-11-14-26-16-17/h7-9,11-12,14,16,19H,4-6,10,13,15H2,1-3H3,(H2,21,23,24). The van der Waals surface area contributed by atoms with E-state index in [1.54, 1.807) is 11.3 Å². The molecule has 142 valence electrons. The van der Waals surface area contributed by atoms with Crippen molar-refractivity contribution in [1.29, 1.82) is 0 Å². The van der Waals surface area contributed by atoms with Crippen LogP contribution in [0, 0.1) is 0 Å². The maximum Gasteiger partial charge on any atom is 0.191 e. The molecule has 0 aliphatic rings. The van der Waals surface area contributed by atoms with Gasteiger partial charge in [-0.1, -0.05) is 19.9 Å². The molecule has 6 heteroatoms. The summed E-state index contributed by atoms with van der Waals surface area (Å²) < 4.78 is 0. The Labute approximate surface area is 161 Å². The molecule has 0 aliphatic carbocycles. The molecule has 2 N–H and O–H groups in total. The Balaban J connectivity index is 1.98. The molecule has 0 bridgehead atoms. The number of aromatic nitrogens is 1. The van der Waals surface area contributed by atoms with Crippen molar-refractivity contribution in [3.05, 3.63) is 52.5 Å². The van der Waals surface area contributed by atoms with Crippen molar-refractivity contribution in [3.63, 3.8) is 0 Å². The van der Waals surface area contributed by atoms with Gasteiger partial charge in [0.25, 0.3) is 0 Å². The molecule has 0 spiro atoms. The van der Waals surface area contributed by atoms with E-state index in [0.29, 0.717) is 6.04 Å². The van der Waals surface area contributed by atoms with Crippen LogP contribution in [0.3, 0.4) is 0 Å². The molecule has 0 aliphatic heterocycles. The first-order valence-electron chi connectivity index (χ1n) is 9.46. The lowest BCUT2D eigenvalue weighted by Crippen LogP contribution is -2.39. The van der Waals surface area contributed by atoms with Crippen LogP contribution in [0.25, 0.3) is 0 Å². The third-order valence-electron chi connectivity index (χ3n) is 4.35. The fourth-order valence-electron chi connectivity index (χ4n) is 2.94. The Hall–Kier alpha value is -1.92. The molecular weight excluding hydrogens is 342 g/mol. The van der Waals surface area contributed by atoms with Gasteiger partial charge >= 0.3 is 0 Å². The lowest BCUT2D eigenvalue weighted by Gasteiger charge is -2.28. The van der Waals surface area contributed by atoms with Crippen molar-refractivity contribution in [2.24, 2.45) is 4.99 Å². The summed E-state index contributed by atoms with van der Waals surface area (Å²) in [7, 11) is 0. The minimum absolute atomic E-state index is 0.322. The van der Waals surface area contributed by atoms with Gasteiger partial charge in [0.2, 0.25) is 0 Å². The topological polar surface area (TPSA) is 52.6 Å². The molecule has 0 saturated carbocycles. The van der Waals surface area contributed by atoms with E-state index in [4.69, 9.17) is 4.99 Å². The van der Waals surface area contributed by atoms with E-state index in [2.05, 4.69) is 64.2 Å². The summed E-state index contributed by atoms with van der Waals surface area (Å²) in [6.07, 6.45) is 2.72. The minimum Gasteiger partial charge on any atom is -0.357 e. The highest BCUT2D eigenvalue weighted by molar-refractivity contribution is 7.07. The summed E-state index contributed by atoms with van der Waals surface area (Å²) in [6, 6.07) is 8.56. The molecule has 0 radical (unpaired) electrons. The zero-order chi connectivity index (χ0) is 18.6. The number of guanidine groups is 1. The largest absolute Gasteiger partial charge is 0.357 e. The van der Waals surface area contributed by atoms with Gasteiger partial charge in [-0.2, -0.15) is 11.3 Å². The Morgan fingerprint density at radius 1 is 1.19 bits per heavy atom. The molecule has 2 heterocycles. The summed E-state index contributed by atoms with van der Waals surface area (Å²) in [6.45, 7) is 11.0. The smallest absolute Gasteiger partial charge is 0.191 e. The lowest BCUT2D eigenvalue weighted by atomic mass is 10.1. The third-order valence-corrected chi connectivity index (χ3v) is 5.05. The zero-order valence-corrected chi connectivity index (χ0v) is 16.9. The van der Waals surface area contributed by atoms with Crippen LogP contribution in [0.15, 0.2) is 46.2 Å². The molecule has 0 saturated heterocycles. The molecular formula is C20H31N5S. The fourth-order valence-corrected chi connectivity index (χ4v) is 3.64. The predicted octanol–water partition coefficient (Wildman–Crippen LogP) is 3.32. The summed E-state index contributed by atoms with van der Waals surface area (Å²) in [4.78, 5) is 11.7. The van der Waals surface area contributed by atoms with E-state index >= 15 is 0 Å². The highest BCUT2D eigenvalue weighted by Crippen LogP contribution is 2.23. The van der Waals surface area contributed by atoms with Crippen LogP contribution in [0.5, 0.6) is 0 Å². The number of hydrogen-bond donors (Lipinski definition) is 2. The number of nitrogens with zero attached hydrogens (tertiary/aromatic N) is 3. The van der Waals surface area contributed by atoms with Crippen LogP contribution < -0.4 is 10.6 Å². The van der Waals surface area contributed by atoms with Gasteiger partial charge in [0.1, 0.15) is 0 Å². The first kappa shape index (κ1) is 20.4. The van der Waals surface area contributed by atoms with Gasteiger partial charge in [-0.3, -0.25) is 14.9 Å². The molecule has 26 heavy (non-hydrogen) atoms.